The molecule has 0 radical (unpaired) electrons. The number of thioether (sulfide) groups is 1. The molecule has 0 heterocycles. The fraction of sp³-hybridized carbons (Fsp3) is 0.947. The van der Waals surface area contributed by atoms with Crippen molar-refractivity contribution >= 4 is 28.2 Å². The lowest BCUT2D eigenvalue weighted by atomic mass is 10.0. The minimum absolute atomic E-state index is 0.0921. The zero-order valence-electron chi connectivity index (χ0n) is 15.4. The summed E-state index contributed by atoms with van der Waals surface area (Å²) in [4.78, 5) is 0. The molecule has 0 aromatic rings. The Morgan fingerprint density at radius 2 is 1.26 bits per heavy atom. The Morgan fingerprint density at radius 3 is 1.70 bits per heavy atom. The van der Waals surface area contributed by atoms with Crippen molar-refractivity contribution in [3.63, 3.8) is 0 Å². The normalized spacial score (nSPS) is 12.5. The molecular formula is C19H40N2S2. The van der Waals surface area contributed by atoms with Crippen LogP contribution in [-0.4, -0.2) is 16.1 Å². The van der Waals surface area contributed by atoms with Crippen LogP contribution in [0.1, 0.15) is 103 Å². The Balaban J connectivity index is 3.17. The highest BCUT2D eigenvalue weighted by Gasteiger charge is 2.05. The number of unbranched alkanes of at least 4 members (excludes halogenated alkanes) is 12. The molecule has 2 nitrogen and oxygen atoms in total. The predicted octanol–water partition coefficient (Wildman–Crippen LogP) is 6.16. The fourth-order valence-electron chi connectivity index (χ4n) is 2.74. The predicted molar refractivity (Wildman–Crippen MR) is 112 cm³/mol. The molecule has 138 valence electrons. The maximum atomic E-state index is 5.92. The average molecular weight is 361 g/mol. The number of rotatable bonds is 17. The van der Waals surface area contributed by atoms with E-state index in [1.165, 1.54) is 83.5 Å². The first-order valence-electron chi connectivity index (χ1n) is 9.85. The van der Waals surface area contributed by atoms with Gasteiger partial charge in [-0.15, -0.1) is 11.8 Å². The molecule has 1 unspecified atom stereocenters. The van der Waals surface area contributed by atoms with Crippen LogP contribution in [0.3, 0.4) is 0 Å². The molecule has 0 aliphatic carbocycles. The van der Waals surface area contributed by atoms with E-state index in [-0.39, 0.29) is 5.37 Å². The van der Waals surface area contributed by atoms with Crippen molar-refractivity contribution in [2.24, 2.45) is 11.5 Å². The van der Waals surface area contributed by atoms with E-state index in [1.54, 1.807) is 11.8 Å². The second-order valence-electron chi connectivity index (χ2n) is 6.60. The van der Waals surface area contributed by atoms with Crippen LogP contribution in [0.2, 0.25) is 0 Å². The second-order valence-corrected chi connectivity index (χ2v) is 8.68. The molecule has 4 N–H and O–H groups in total. The number of nitrogens with two attached hydrogens (primary N) is 2. The van der Waals surface area contributed by atoms with E-state index >= 15 is 0 Å². The van der Waals surface area contributed by atoms with E-state index in [0.29, 0.717) is 6.54 Å². The topological polar surface area (TPSA) is 52.0 Å². The van der Waals surface area contributed by atoms with Crippen LogP contribution in [0.25, 0.3) is 0 Å². The lowest BCUT2D eigenvalue weighted by Gasteiger charge is -2.10. The molecule has 23 heavy (non-hydrogen) atoms. The monoisotopic (exact) mass is 360 g/mol. The molecule has 0 rings (SSSR count). The SMILES string of the molecule is CCCCCCCCCCCCCCCC(=S)SC(N)CCN. The summed E-state index contributed by atoms with van der Waals surface area (Å²) < 4.78 is 1.06. The van der Waals surface area contributed by atoms with Crippen LogP contribution in [0.5, 0.6) is 0 Å². The highest BCUT2D eigenvalue weighted by atomic mass is 32.2. The first-order valence-corrected chi connectivity index (χ1v) is 11.1. The van der Waals surface area contributed by atoms with Gasteiger partial charge in [0.2, 0.25) is 0 Å². The van der Waals surface area contributed by atoms with Gasteiger partial charge in [-0.1, -0.05) is 96.2 Å². The van der Waals surface area contributed by atoms with Crippen LogP contribution in [0, 0.1) is 0 Å². The van der Waals surface area contributed by atoms with Crippen molar-refractivity contribution in [2.45, 2.75) is 109 Å². The van der Waals surface area contributed by atoms with Crippen molar-refractivity contribution in [3.8, 4) is 0 Å². The van der Waals surface area contributed by atoms with Crippen molar-refractivity contribution in [1.29, 1.82) is 0 Å². The van der Waals surface area contributed by atoms with Crippen LogP contribution in [0.15, 0.2) is 0 Å². The average Bonchev–Trinajstić information content (AvgIpc) is 2.52. The molecule has 1 atom stereocenters. The maximum Gasteiger partial charge on any atom is 0.0571 e. The Bertz CT molecular complexity index is 260. The molecule has 0 saturated carbocycles. The van der Waals surface area contributed by atoms with Gasteiger partial charge in [0, 0.05) is 4.20 Å². The molecule has 0 bridgehead atoms. The van der Waals surface area contributed by atoms with Crippen molar-refractivity contribution < 1.29 is 0 Å². The molecule has 0 fully saturated rings. The zero-order chi connectivity index (χ0) is 17.2. The fourth-order valence-corrected chi connectivity index (χ4v) is 4.11. The summed E-state index contributed by atoms with van der Waals surface area (Å²) in [5, 5.41) is 0.0921. The molecule has 0 saturated heterocycles. The Kier molecular flexibility index (Phi) is 19.0. The lowest BCUT2D eigenvalue weighted by molar-refractivity contribution is 0.541. The third-order valence-electron chi connectivity index (χ3n) is 4.22. The van der Waals surface area contributed by atoms with E-state index in [4.69, 9.17) is 23.7 Å². The molecule has 4 heteroatoms. The first-order chi connectivity index (χ1) is 11.2. The molecule has 0 aromatic heterocycles. The van der Waals surface area contributed by atoms with Gasteiger partial charge in [-0.25, -0.2) is 0 Å². The minimum atomic E-state index is 0.0921. The van der Waals surface area contributed by atoms with Gasteiger partial charge in [-0.3, -0.25) is 0 Å². The summed E-state index contributed by atoms with van der Waals surface area (Å²) in [6.07, 6.45) is 20.0. The van der Waals surface area contributed by atoms with Crippen LogP contribution >= 0.6 is 24.0 Å². The van der Waals surface area contributed by atoms with Crippen LogP contribution in [0.4, 0.5) is 0 Å². The van der Waals surface area contributed by atoms with Gasteiger partial charge in [0.05, 0.1) is 5.37 Å². The van der Waals surface area contributed by atoms with E-state index < -0.39 is 0 Å². The third-order valence-corrected chi connectivity index (χ3v) is 5.72. The van der Waals surface area contributed by atoms with Gasteiger partial charge in [0.25, 0.3) is 0 Å². The van der Waals surface area contributed by atoms with Gasteiger partial charge in [0.1, 0.15) is 0 Å². The maximum absolute atomic E-state index is 5.92. The van der Waals surface area contributed by atoms with E-state index in [9.17, 15) is 0 Å². The van der Waals surface area contributed by atoms with E-state index in [0.717, 1.165) is 17.0 Å². The van der Waals surface area contributed by atoms with Gasteiger partial charge in [-0.05, 0) is 25.8 Å². The van der Waals surface area contributed by atoms with Crippen LogP contribution < -0.4 is 11.5 Å². The number of hydrogen-bond donors (Lipinski definition) is 2. The quantitative estimate of drug-likeness (QED) is 0.185. The standard InChI is InChI=1S/C19H40N2S2/c1-2-3-4-5-6-7-8-9-10-11-12-13-14-15-19(22)23-18(21)16-17-20/h18H,2-17,20-21H2,1H3. The van der Waals surface area contributed by atoms with Crippen LogP contribution in [-0.2, 0) is 0 Å². The molecule has 0 aromatic carbocycles. The summed E-state index contributed by atoms with van der Waals surface area (Å²) in [7, 11) is 0. The van der Waals surface area contributed by atoms with Crippen molar-refractivity contribution in [2.75, 3.05) is 6.54 Å². The molecule has 0 spiro atoms. The van der Waals surface area contributed by atoms with Gasteiger partial charge >= 0.3 is 0 Å². The summed E-state index contributed by atoms with van der Waals surface area (Å²) in [5.74, 6) is 0. The smallest absolute Gasteiger partial charge is 0.0571 e. The Morgan fingerprint density at radius 1 is 0.826 bits per heavy atom. The van der Waals surface area contributed by atoms with Crippen molar-refractivity contribution in [3.05, 3.63) is 0 Å². The van der Waals surface area contributed by atoms with E-state index in [2.05, 4.69) is 6.92 Å². The van der Waals surface area contributed by atoms with E-state index in [1.807, 2.05) is 0 Å². The second kappa shape index (κ2) is 18.7. The van der Waals surface area contributed by atoms with Gasteiger partial charge < -0.3 is 11.5 Å². The minimum Gasteiger partial charge on any atom is -0.330 e. The molecular weight excluding hydrogens is 320 g/mol. The van der Waals surface area contributed by atoms with Gasteiger partial charge in [0.15, 0.2) is 0 Å². The van der Waals surface area contributed by atoms with Gasteiger partial charge in [-0.2, -0.15) is 0 Å². The summed E-state index contributed by atoms with van der Waals surface area (Å²) in [6, 6.07) is 0. The number of hydrogen-bond acceptors (Lipinski definition) is 4. The summed E-state index contributed by atoms with van der Waals surface area (Å²) in [5.41, 5.74) is 11.4. The molecule has 0 aliphatic rings. The zero-order valence-corrected chi connectivity index (χ0v) is 17.0. The summed E-state index contributed by atoms with van der Waals surface area (Å²) >= 11 is 7.01. The number of thiocarbonyl (C=S) groups is 1. The Labute approximate surface area is 154 Å². The lowest BCUT2D eigenvalue weighted by Crippen LogP contribution is -2.21. The highest BCUT2D eigenvalue weighted by molar-refractivity contribution is 8.23. The van der Waals surface area contributed by atoms with Crippen molar-refractivity contribution in [1.82, 2.24) is 0 Å². The first kappa shape index (κ1) is 23.4. The summed E-state index contributed by atoms with van der Waals surface area (Å²) in [6.45, 7) is 2.93. The Hall–Kier alpha value is 0.360. The highest BCUT2D eigenvalue weighted by Crippen LogP contribution is 2.18. The molecule has 0 aliphatic heterocycles. The largest absolute Gasteiger partial charge is 0.330 e. The molecule has 0 amide bonds. The third kappa shape index (κ3) is 18.5.